The van der Waals surface area contributed by atoms with Crippen LogP contribution in [0.25, 0.3) is 6.08 Å². The summed E-state index contributed by atoms with van der Waals surface area (Å²) in [6.45, 7) is 6.23. The lowest BCUT2D eigenvalue weighted by Gasteiger charge is -2.34. The maximum atomic E-state index is 13.2. The zero-order chi connectivity index (χ0) is 20.1. The molecule has 146 valence electrons. The highest BCUT2D eigenvalue weighted by molar-refractivity contribution is 5.95. The molecule has 5 heteroatoms. The van der Waals surface area contributed by atoms with Gasteiger partial charge in [-0.3, -0.25) is 9.59 Å². The molecular weight excluding hydrogens is 355 g/mol. The molecule has 0 saturated carbocycles. The molecular formula is C23H25FN2O2. The summed E-state index contributed by atoms with van der Waals surface area (Å²) in [7, 11) is 0. The van der Waals surface area contributed by atoms with E-state index in [0.717, 1.165) is 0 Å². The SMILES string of the molecule is CC(C)c1ccc(C(=O)N2CCN(C(=O)/C=C/c3cccc(F)c3)CC2)cc1. The second kappa shape index (κ2) is 8.83. The van der Waals surface area contributed by atoms with E-state index >= 15 is 0 Å². The van der Waals surface area contributed by atoms with E-state index in [4.69, 9.17) is 0 Å². The Bertz CT molecular complexity index is 866. The van der Waals surface area contributed by atoms with Crippen molar-refractivity contribution in [3.8, 4) is 0 Å². The molecule has 1 saturated heterocycles. The minimum atomic E-state index is -0.330. The van der Waals surface area contributed by atoms with Crippen molar-refractivity contribution in [1.82, 2.24) is 9.80 Å². The number of rotatable bonds is 4. The summed E-state index contributed by atoms with van der Waals surface area (Å²) in [5, 5.41) is 0. The molecule has 0 spiro atoms. The Morgan fingerprint density at radius 3 is 2.21 bits per heavy atom. The lowest BCUT2D eigenvalue weighted by atomic mass is 10.0. The Morgan fingerprint density at radius 1 is 0.964 bits per heavy atom. The first kappa shape index (κ1) is 19.8. The molecule has 0 atom stereocenters. The number of piperazine rings is 1. The van der Waals surface area contributed by atoms with E-state index in [9.17, 15) is 14.0 Å². The summed E-state index contributed by atoms with van der Waals surface area (Å²) in [4.78, 5) is 28.5. The smallest absolute Gasteiger partial charge is 0.253 e. The monoisotopic (exact) mass is 380 g/mol. The summed E-state index contributed by atoms with van der Waals surface area (Å²) in [6.07, 6.45) is 3.07. The third-order valence-electron chi connectivity index (χ3n) is 4.97. The summed E-state index contributed by atoms with van der Waals surface area (Å²) in [6, 6.07) is 13.8. The molecule has 0 N–H and O–H groups in total. The molecule has 2 amide bonds. The normalized spacial score (nSPS) is 14.7. The molecule has 28 heavy (non-hydrogen) atoms. The van der Waals surface area contributed by atoms with Crippen molar-refractivity contribution in [1.29, 1.82) is 0 Å². The van der Waals surface area contributed by atoms with Crippen molar-refractivity contribution in [2.75, 3.05) is 26.2 Å². The van der Waals surface area contributed by atoms with E-state index in [2.05, 4.69) is 13.8 Å². The predicted molar refractivity (Wildman–Crippen MR) is 108 cm³/mol. The van der Waals surface area contributed by atoms with Crippen molar-refractivity contribution in [3.63, 3.8) is 0 Å². The molecule has 1 heterocycles. The first-order valence-electron chi connectivity index (χ1n) is 9.56. The van der Waals surface area contributed by atoms with Crippen LogP contribution >= 0.6 is 0 Å². The van der Waals surface area contributed by atoms with Crippen LogP contribution in [-0.2, 0) is 4.79 Å². The zero-order valence-corrected chi connectivity index (χ0v) is 16.3. The maximum absolute atomic E-state index is 13.2. The summed E-state index contributed by atoms with van der Waals surface area (Å²) in [5.41, 5.74) is 2.53. The summed E-state index contributed by atoms with van der Waals surface area (Å²) in [5.74, 6) is -0.0300. The van der Waals surface area contributed by atoms with Crippen molar-refractivity contribution in [3.05, 3.63) is 77.1 Å². The number of halogens is 1. The van der Waals surface area contributed by atoms with Crippen LogP contribution in [-0.4, -0.2) is 47.8 Å². The van der Waals surface area contributed by atoms with Crippen molar-refractivity contribution >= 4 is 17.9 Å². The number of carbonyl (C=O) groups excluding carboxylic acids is 2. The van der Waals surface area contributed by atoms with E-state index in [0.29, 0.717) is 43.2 Å². The Morgan fingerprint density at radius 2 is 1.61 bits per heavy atom. The van der Waals surface area contributed by atoms with Gasteiger partial charge < -0.3 is 9.80 Å². The molecule has 0 aliphatic carbocycles. The fraction of sp³-hybridized carbons (Fsp3) is 0.304. The Balaban J connectivity index is 1.54. The zero-order valence-electron chi connectivity index (χ0n) is 16.3. The quantitative estimate of drug-likeness (QED) is 0.754. The fourth-order valence-electron chi connectivity index (χ4n) is 3.21. The van der Waals surface area contributed by atoms with Crippen LogP contribution in [0.15, 0.2) is 54.6 Å². The largest absolute Gasteiger partial charge is 0.336 e. The predicted octanol–water partition coefficient (Wildman–Crippen LogP) is 3.95. The minimum Gasteiger partial charge on any atom is -0.336 e. The van der Waals surface area contributed by atoms with Gasteiger partial charge in [0, 0.05) is 37.8 Å². The average molecular weight is 380 g/mol. The lowest BCUT2D eigenvalue weighted by Crippen LogP contribution is -2.50. The van der Waals surface area contributed by atoms with Crippen molar-refractivity contribution < 1.29 is 14.0 Å². The van der Waals surface area contributed by atoms with E-state index in [1.807, 2.05) is 24.3 Å². The molecule has 1 fully saturated rings. The second-order valence-electron chi connectivity index (χ2n) is 7.28. The number of nitrogens with zero attached hydrogens (tertiary/aromatic N) is 2. The molecule has 2 aromatic rings. The van der Waals surface area contributed by atoms with Gasteiger partial charge in [0.25, 0.3) is 5.91 Å². The number of hydrogen-bond donors (Lipinski definition) is 0. The highest BCUT2D eigenvalue weighted by Crippen LogP contribution is 2.16. The number of amides is 2. The molecule has 0 bridgehead atoms. The topological polar surface area (TPSA) is 40.6 Å². The Labute approximate surface area is 165 Å². The average Bonchev–Trinajstić information content (AvgIpc) is 2.71. The molecule has 1 aliphatic heterocycles. The van der Waals surface area contributed by atoms with Crippen molar-refractivity contribution in [2.45, 2.75) is 19.8 Å². The van der Waals surface area contributed by atoms with Crippen LogP contribution < -0.4 is 0 Å². The van der Waals surface area contributed by atoms with Gasteiger partial charge in [0.2, 0.25) is 5.91 Å². The van der Waals surface area contributed by atoms with Gasteiger partial charge in [-0.1, -0.05) is 38.1 Å². The summed E-state index contributed by atoms with van der Waals surface area (Å²) >= 11 is 0. The molecule has 0 unspecified atom stereocenters. The van der Waals surface area contributed by atoms with E-state index < -0.39 is 0 Å². The van der Waals surface area contributed by atoms with Gasteiger partial charge in [-0.2, -0.15) is 0 Å². The molecule has 3 rings (SSSR count). The third kappa shape index (κ3) is 4.85. The Hall–Kier alpha value is -2.95. The maximum Gasteiger partial charge on any atom is 0.253 e. The molecule has 4 nitrogen and oxygen atoms in total. The van der Waals surface area contributed by atoms with E-state index in [-0.39, 0.29) is 17.6 Å². The number of hydrogen-bond acceptors (Lipinski definition) is 2. The van der Waals surface area contributed by atoms with Crippen LogP contribution in [0, 0.1) is 5.82 Å². The molecule has 0 aromatic heterocycles. The lowest BCUT2D eigenvalue weighted by molar-refractivity contribution is -0.127. The van der Waals surface area contributed by atoms with Gasteiger partial charge >= 0.3 is 0 Å². The fourth-order valence-corrected chi connectivity index (χ4v) is 3.21. The second-order valence-corrected chi connectivity index (χ2v) is 7.28. The van der Waals surface area contributed by atoms with Gasteiger partial charge in [0.1, 0.15) is 5.82 Å². The van der Waals surface area contributed by atoms with Gasteiger partial charge in [0.05, 0.1) is 0 Å². The minimum absolute atomic E-state index is 0.00212. The first-order valence-corrected chi connectivity index (χ1v) is 9.56. The van der Waals surface area contributed by atoms with Gasteiger partial charge in [-0.25, -0.2) is 4.39 Å². The standard InChI is InChI=1S/C23H25FN2O2/c1-17(2)19-7-9-20(10-8-19)23(28)26-14-12-25(13-15-26)22(27)11-6-18-4-3-5-21(24)16-18/h3-11,16-17H,12-15H2,1-2H3/b11-6+. The molecule has 0 radical (unpaired) electrons. The van der Waals surface area contributed by atoms with Crippen LogP contribution in [0.3, 0.4) is 0 Å². The van der Waals surface area contributed by atoms with Crippen LogP contribution in [0.1, 0.15) is 41.3 Å². The third-order valence-corrected chi connectivity index (χ3v) is 4.97. The number of benzene rings is 2. The van der Waals surface area contributed by atoms with Crippen LogP contribution in [0.5, 0.6) is 0 Å². The molecule has 2 aromatic carbocycles. The van der Waals surface area contributed by atoms with Crippen LogP contribution in [0.2, 0.25) is 0 Å². The van der Waals surface area contributed by atoms with E-state index in [1.165, 1.54) is 23.8 Å². The van der Waals surface area contributed by atoms with Crippen LogP contribution in [0.4, 0.5) is 4.39 Å². The highest BCUT2D eigenvalue weighted by Gasteiger charge is 2.23. The molecule has 1 aliphatic rings. The Kier molecular flexibility index (Phi) is 6.24. The van der Waals surface area contributed by atoms with Gasteiger partial charge in [-0.05, 0) is 47.4 Å². The van der Waals surface area contributed by atoms with E-state index in [1.54, 1.807) is 28.0 Å². The first-order chi connectivity index (χ1) is 13.4. The van der Waals surface area contributed by atoms with Gasteiger partial charge in [-0.15, -0.1) is 0 Å². The van der Waals surface area contributed by atoms with Crippen molar-refractivity contribution in [2.24, 2.45) is 0 Å². The summed E-state index contributed by atoms with van der Waals surface area (Å²) < 4.78 is 13.2. The van der Waals surface area contributed by atoms with Gasteiger partial charge in [0.15, 0.2) is 0 Å². The number of carbonyl (C=O) groups is 2. The highest BCUT2D eigenvalue weighted by atomic mass is 19.1.